The number of ether oxygens (including phenoxy) is 1. The molecule has 3 unspecified atom stereocenters. The molecule has 2 nitrogen and oxygen atoms in total. The van der Waals surface area contributed by atoms with Crippen LogP contribution in [-0.4, -0.2) is 36.8 Å². The van der Waals surface area contributed by atoms with Crippen LogP contribution in [0.15, 0.2) is 0 Å². The average Bonchev–Trinajstić information content (AvgIpc) is 2.42. The number of thioether (sulfide) groups is 1. The Morgan fingerprint density at radius 1 is 1.29 bits per heavy atom. The molecule has 2 rings (SSSR count). The van der Waals surface area contributed by atoms with Crippen LogP contribution in [0.1, 0.15) is 45.4 Å². The zero-order valence-electron chi connectivity index (χ0n) is 11.1. The van der Waals surface area contributed by atoms with Gasteiger partial charge < -0.3 is 10.1 Å². The third-order valence-corrected chi connectivity index (χ3v) is 5.43. The van der Waals surface area contributed by atoms with Crippen LogP contribution in [0.4, 0.5) is 0 Å². The summed E-state index contributed by atoms with van der Waals surface area (Å²) in [5.74, 6) is 2.12. The minimum absolute atomic E-state index is 0.695. The van der Waals surface area contributed by atoms with Gasteiger partial charge in [-0.1, -0.05) is 13.3 Å². The van der Waals surface area contributed by atoms with Crippen LogP contribution >= 0.6 is 11.8 Å². The van der Waals surface area contributed by atoms with Crippen molar-refractivity contribution in [1.29, 1.82) is 0 Å². The van der Waals surface area contributed by atoms with E-state index in [1.807, 2.05) is 0 Å². The molecule has 100 valence electrons. The van der Waals surface area contributed by atoms with Crippen molar-refractivity contribution < 1.29 is 4.74 Å². The van der Waals surface area contributed by atoms with Gasteiger partial charge in [-0.3, -0.25) is 0 Å². The molecule has 0 aromatic carbocycles. The number of nitrogens with one attached hydrogen (secondary N) is 1. The fourth-order valence-corrected chi connectivity index (χ4v) is 4.54. The SMILES string of the molecule is CCCNC(C1CCCOC1)C1CCCCS1. The van der Waals surface area contributed by atoms with Gasteiger partial charge in [0, 0.05) is 17.9 Å². The molecule has 2 fully saturated rings. The Hall–Kier alpha value is 0.270. The standard InChI is InChI=1S/C14H27NOS/c1-2-8-15-14(12-6-5-9-16-11-12)13-7-3-4-10-17-13/h12-15H,2-11H2,1H3. The topological polar surface area (TPSA) is 21.3 Å². The summed E-state index contributed by atoms with van der Waals surface area (Å²) in [7, 11) is 0. The molecule has 0 aromatic heterocycles. The Kier molecular flexibility index (Phi) is 6.16. The number of rotatable bonds is 5. The highest BCUT2D eigenvalue weighted by molar-refractivity contribution is 8.00. The second-order valence-corrected chi connectivity index (χ2v) is 6.71. The molecule has 0 saturated carbocycles. The van der Waals surface area contributed by atoms with Crippen molar-refractivity contribution in [2.24, 2.45) is 5.92 Å². The average molecular weight is 257 g/mol. The van der Waals surface area contributed by atoms with Crippen LogP contribution in [0.5, 0.6) is 0 Å². The van der Waals surface area contributed by atoms with Crippen molar-refractivity contribution in [3.8, 4) is 0 Å². The molecule has 0 spiro atoms. The van der Waals surface area contributed by atoms with Gasteiger partial charge in [-0.25, -0.2) is 0 Å². The smallest absolute Gasteiger partial charge is 0.0509 e. The van der Waals surface area contributed by atoms with Gasteiger partial charge in [-0.2, -0.15) is 11.8 Å². The van der Waals surface area contributed by atoms with Gasteiger partial charge >= 0.3 is 0 Å². The molecule has 3 atom stereocenters. The van der Waals surface area contributed by atoms with Crippen LogP contribution in [0.25, 0.3) is 0 Å². The monoisotopic (exact) mass is 257 g/mol. The predicted molar refractivity (Wildman–Crippen MR) is 75.7 cm³/mol. The van der Waals surface area contributed by atoms with Crippen molar-refractivity contribution in [2.45, 2.75) is 56.7 Å². The normalized spacial score (nSPS) is 32.3. The minimum atomic E-state index is 0.695. The van der Waals surface area contributed by atoms with Crippen LogP contribution in [0, 0.1) is 5.92 Å². The van der Waals surface area contributed by atoms with Crippen molar-refractivity contribution >= 4 is 11.8 Å². The van der Waals surface area contributed by atoms with E-state index in [4.69, 9.17) is 4.74 Å². The lowest BCUT2D eigenvalue weighted by Gasteiger charge is -2.37. The molecule has 2 saturated heterocycles. The zero-order valence-corrected chi connectivity index (χ0v) is 11.9. The van der Waals surface area contributed by atoms with E-state index in [1.54, 1.807) is 0 Å². The molecule has 0 bridgehead atoms. The summed E-state index contributed by atoms with van der Waals surface area (Å²) in [4.78, 5) is 0. The summed E-state index contributed by atoms with van der Waals surface area (Å²) < 4.78 is 5.68. The maximum atomic E-state index is 5.68. The van der Waals surface area contributed by atoms with Crippen molar-refractivity contribution in [2.75, 3.05) is 25.5 Å². The lowest BCUT2D eigenvalue weighted by atomic mass is 9.89. The molecule has 0 aromatic rings. The molecule has 17 heavy (non-hydrogen) atoms. The van der Waals surface area contributed by atoms with Gasteiger partial charge in [0.25, 0.3) is 0 Å². The first-order chi connectivity index (χ1) is 8.42. The third-order valence-electron chi connectivity index (χ3n) is 3.95. The maximum Gasteiger partial charge on any atom is 0.0509 e. The van der Waals surface area contributed by atoms with Gasteiger partial charge in [0.2, 0.25) is 0 Å². The van der Waals surface area contributed by atoms with Crippen molar-refractivity contribution in [3.05, 3.63) is 0 Å². The predicted octanol–water partition coefficient (Wildman–Crippen LogP) is 3.07. The van der Waals surface area contributed by atoms with E-state index < -0.39 is 0 Å². The summed E-state index contributed by atoms with van der Waals surface area (Å²) in [6.45, 7) is 5.39. The Bertz CT molecular complexity index is 182. The molecule has 2 aliphatic rings. The molecule has 2 aliphatic heterocycles. The molecule has 1 N–H and O–H groups in total. The molecular weight excluding hydrogens is 230 g/mol. The molecular formula is C14H27NOS. The first-order valence-electron chi connectivity index (χ1n) is 7.34. The van der Waals surface area contributed by atoms with Crippen LogP contribution < -0.4 is 5.32 Å². The van der Waals surface area contributed by atoms with E-state index in [0.29, 0.717) is 6.04 Å². The fourth-order valence-electron chi connectivity index (χ4n) is 3.01. The lowest BCUT2D eigenvalue weighted by molar-refractivity contribution is 0.0384. The molecule has 2 heterocycles. The summed E-state index contributed by atoms with van der Waals surface area (Å²) in [5.41, 5.74) is 0. The number of hydrogen-bond donors (Lipinski definition) is 1. The molecule has 0 radical (unpaired) electrons. The quantitative estimate of drug-likeness (QED) is 0.818. The van der Waals surface area contributed by atoms with E-state index in [-0.39, 0.29) is 0 Å². The Morgan fingerprint density at radius 3 is 2.88 bits per heavy atom. The second-order valence-electron chi connectivity index (χ2n) is 5.36. The largest absolute Gasteiger partial charge is 0.381 e. The molecule has 0 aliphatic carbocycles. The number of hydrogen-bond acceptors (Lipinski definition) is 3. The first-order valence-corrected chi connectivity index (χ1v) is 8.39. The zero-order chi connectivity index (χ0) is 11.9. The minimum Gasteiger partial charge on any atom is -0.381 e. The van der Waals surface area contributed by atoms with Crippen LogP contribution in [0.3, 0.4) is 0 Å². The van der Waals surface area contributed by atoms with E-state index in [9.17, 15) is 0 Å². The van der Waals surface area contributed by atoms with Crippen molar-refractivity contribution in [1.82, 2.24) is 5.32 Å². The van der Waals surface area contributed by atoms with Gasteiger partial charge in [-0.15, -0.1) is 0 Å². The Morgan fingerprint density at radius 2 is 2.24 bits per heavy atom. The summed E-state index contributed by atoms with van der Waals surface area (Å²) in [6.07, 6.45) is 8.10. The highest BCUT2D eigenvalue weighted by Gasteiger charge is 2.31. The maximum absolute atomic E-state index is 5.68. The summed E-state index contributed by atoms with van der Waals surface area (Å²) >= 11 is 2.20. The van der Waals surface area contributed by atoms with Gasteiger partial charge in [-0.05, 0) is 50.3 Å². The van der Waals surface area contributed by atoms with Crippen LogP contribution in [-0.2, 0) is 4.74 Å². The Labute approximate surface area is 110 Å². The van der Waals surface area contributed by atoms with Gasteiger partial charge in [0.1, 0.15) is 0 Å². The van der Waals surface area contributed by atoms with E-state index in [0.717, 1.165) is 30.9 Å². The molecule has 0 amide bonds. The fraction of sp³-hybridized carbons (Fsp3) is 1.00. The summed E-state index contributed by atoms with van der Waals surface area (Å²) in [5, 5.41) is 4.64. The molecule has 3 heteroatoms. The summed E-state index contributed by atoms with van der Waals surface area (Å²) in [6, 6.07) is 0.695. The first kappa shape index (κ1) is 13.7. The van der Waals surface area contributed by atoms with Crippen molar-refractivity contribution in [3.63, 3.8) is 0 Å². The second kappa shape index (κ2) is 7.65. The van der Waals surface area contributed by atoms with E-state index in [1.165, 1.54) is 44.3 Å². The Balaban J connectivity index is 1.90. The highest BCUT2D eigenvalue weighted by Crippen LogP contribution is 2.32. The van der Waals surface area contributed by atoms with Crippen LogP contribution in [0.2, 0.25) is 0 Å². The lowest BCUT2D eigenvalue weighted by Crippen LogP contribution is -2.47. The van der Waals surface area contributed by atoms with E-state index >= 15 is 0 Å². The van der Waals surface area contributed by atoms with Gasteiger partial charge in [0.15, 0.2) is 0 Å². The third kappa shape index (κ3) is 4.15. The van der Waals surface area contributed by atoms with Gasteiger partial charge in [0.05, 0.1) is 6.61 Å². The van der Waals surface area contributed by atoms with E-state index in [2.05, 4.69) is 24.0 Å². The highest BCUT2D eigenvalue weighted by atomic mass is 32.2.